The number of hydrogen-bond donors (Lipinski definition) is 0. The molecule has 3 rings (SSSR count). The Bertz CT molecular complexity index is 751. The van der Waals surface area contributed by atoms with Gasteiger partial charge in [-0.2, -0.15) is 0 Å². The van der Waals surface area contributed by atoms with Gasteiger partial charge in [-0.15, -0.1) is 11.3 Å². The maximum atomic E-state index is 13.2. The van der Waals surface area contributed by atoms with E-state index in [1.807, 2.05) is 11.4 Å². The number of carbonyl (C=O) groups is 2. The van der Waals surface area contributed by atoms with Gasteiger partial charge in [0.05, 0.1) is 9.90 Å². The van der Waals surface area contributed by atoms with E-state index in [2.05, 4.69) is 0 Å². The third-order valence-electron chi connectivity index (χ3n) is 3.97. The van der Waals surface area contributed by atoms with E-state index in [1.165, 1.54) is 29.5 Å². The minimum absolute atomic E-state index is 0.00382. The number of rotatable bonds is 2. The highest BCUT2D eigenvalue weighted by atomic mass is 35.5. The molecule has 0 bridgehead atoms. The minimum atomic E-state index is -0.545. The number of amides is 2. The third kappa shape index (κ3) is 3.60. The van der Waals surface area contributed by atoms with Crippen LogP contribution in [0.4, 0.5) is 4.39 Å². The molecule has 1 fully saturated rings. The molecular formula is C17H16ClFN2O2S. The Balaban J connectivity index is 1.67. The summed E-state index contributed by atoms with van der Waals surface area (Å²) in [7, 11) is 0. The van der Waals surface area contributed by atoms with Gasteiger partial charge in [0.15, 0.2) is 0 Å². The molecule has 0 saturated carbocycles. The molecule has 1 aliphatic heterocycles. The van der Waals surface area contributed by atoms with Gasteiger partial charge in [0.25, 0.3) is 11.8 Å². The van der Waals surface area contributed by atoms with Crippen molar-refractivity contribution in [2.75, 3.05) is 26.2 Å². The van der Waals surface area contributed by atoms with Gasteiger partial charge in [0.2, 0.25) is 0 Å². The zero-order valence-corrected chi connectivity index (χ0v) is 14.4. The molecule has 24 heavy (non-hydrogen) atoms. The summed E-state index contributed by atoms with van der Waals surface area (Å²) < 4.78 is 13.2. The van der Waals surface area contributed by atoms with E-state index in [4.69, 9.17) is 11.6 Å². The number of carbonyl (C=O) groups excluding carboxylic acids is 2. The zero-order chi connectivity index (χ0) is 17.1. The van der Waals surface area contributed by atoms with E-state index in [-0.39, 0.29) is 16.8 Å². The van der Waals surface area contributed by atoms with Crippen LogP contribution in [0.3, 0.4) is 0 Å². The maximum absolute atomic E-state index is 13.2. The topological polar surface area (TPSA) is 40.6 Å². The first-order valence-electron chi connectivity index (χ1n) is 7.63. The van der Waals surface area contributed by atoms with Crippen LogP contribution in [-0.2, 0) is 0 Å². The summed E-state index contributed by atoms with van der Waals surface area (Å²) in [6.45, 7) is 2.11. The molecule has 1 aliphatic rings. The van der Waals surface area contributed by atoms with E-state index < -0.39 is 5.82 Å². The standard InChI is InChI=1S/C17H16ClFN2O2S/c18-13-11-12(4-5-14(13)19)16(22)20-6-2-7-21(9-8-20)17(23)15-3-1-10-24-15/h1,3-5,10-11H,2,6-9H2. The Labute approximate surface area is 148 Å². The lowest BCUT2D eigenvalue weighted by Crippen LogP contribution is -2.37. The molecule has 2 amide bonds. The average Bonchev–Trinajstić information content (AvgIpc) is 3.00. The van der Waals surface area contributed by atoms with Crippen molar-refractivity contribution in [1.29, 1.82) is 0 Å². The maximum Gasteiger partial charge on any atom is 0.263 e. The lowest BCUT2D eigenvalue weighted by Gasteiger charge is -2.22. The fourth-order valence-corrected chi connectivity index (χ4v) is 3.56. The van der Waals surface area contributed by atoms with Gasteiger partial charge in [-0.05, 0) is 36.1 Å². The van der Waals surface area contributed by atoms with Crippen molar-refractivity contribution in [2.24, 2.45) is 0 Å². The lowest BCUT2D eigenvalue weighted by molar-refractivity contribution is 0.0721. The summed E-state index contributed by atoms with van der Waals surface area (Å²) >= 11 is 7.17. The average molecular weight is 367 g/mol. The highest BCUT2D eigenvalue weighted by Crippen LogP contribution is 2.19. The van der Waals surface area contributed by atoms with Gasteiger partial charge in [0.1, 0.15) is 5.82 Å². The van der Waals surface area contributed by atoms with Crippen molar-refractivity contribution in [3.05, 3.63) is 57.0 Å². The molecule has 0 N–H and O–H groups in total. The van der Waals surface area contributed by atoms with Gasteiger partial charge in [0, 0.05) is 31.7 Å². The van der Waals surface area contributed by atoms with Gasteiger partial charge in [-0.1, -0.05) is 17.7 Å². The lowest BCUT2D eigenvalue weighted by atomic mass is 10.2. The quantitative estimate of drug-likeness (QED) is 0.815. The Hall–Kier alpha value is -1.92. The van der Waals surface area contributed by atoms with Gasteiger partial charge in [-0.3, -0.25) is 9.59 Å². The van der Waals surface area contributed by atoms with Crippen LogP contribution in [0.2, 0.25) is 5.02 Å². The number of nitrogens with zero attached hydrogens (tertiary/aromatic N) is 2. The van der Waals surface area contributed by atoms with E-state index in [0.717, 1.165) is 0 Å². The summed E-state index contributed by atoms with van der Waals surface area (Å²) in [4.78, 5) is 29.1. The predicted octanol–water partition coefficient (Wildman–Crippen LogP) is 3.53. The molecule has 1 aromatic heterocycles. The van der Waals surface area contributed by atoms with E-state index in [1.54, 1.807) is 15.9 Å². The Morgan fingerprint density at radius 3 is 2.38 bits per heavy atom. The molecule has 7 heteroatoms. The van der Waals surface area contributed by atoms with Crippen LogP contribution < -0.4 is 0 Å². The molecular weight excluding hydrogens is 351 g/mol. The molecule has 0 radical (unpaired) electrons. The van der Waals surface area contributed by atoms with Crippen LogP contribution in [0.1, 0.15) is 26.5 Å². The second-order valence-corrected chi connectivity index (χ2v) is 6.90. The molecule has 1 aromatic carbocycles. The second kappa shape index (κ2) is 7.32. The second-order valence-electron chi connectivity index (χ2n) is 5.54. The van der Waals surface area contributed by atoms with Crippen molar-refractivity contribution in [3.8, 4) is 0 Å². The van der Waals surface area contributed by atoms with Gasteiger partial charge >= 0.3 is 0 Å². The van der Waals surface area contributed by atoms with E-state index in [9.17, 15) is 14.0 Å². The normalized spacial score (nSPS) is 15.2. The molecule has 1 saturated heterocycles. The van der Waals surface area contributed by atoms with Crippen molar-refractivity contribution >= 4 is 34.8 Å². The molecule has 0 unspecified atom stereocenters. The smallest absolute Gasteiger partial charge is 0.263 e. The summed E-state index contributed by atoms with van der Waals surface area (Å²) in [5, 5.41) is 1.81. The van der Waals surface area contributed by atoms with Crippen LogP contribution in [0.5, 0.6) is 0 Å². The number of benzene rings is 1. The highest BCUT2D eigenvalue weighted by Gasteiger charge is 2.24. The van der Waals surface area contributed by atoms with Crippen LogP contribution in [-0.4, -0.2) is 47.8 Å². The fourth-order valence-electron chi connectivity index (χ4n) is 2.69. The van der Waals surface area contributed by atoms with Crippen molar-refractivity contribution in [2.45, 2.75) is 6.42 Å². The monoisotopic (exact) mass is 366 g/mol. The van der Waals surface area contributed by atoms with Crippen LogP contribution in [0, 0.1) is 5.82 Å². The molecule has 2 aromatic rings. The van der Waals surface area contributed by atoms with Gasteiger partial charge < -0.3 is 9.80 Å². The minimum Gasteiger partial charge on any atom is -0.337 e. The molecule has 0 spiro atoms. The van der Waals surface area contributed by atoms with Crippen molar-refractivity contribution in [3.63, 3.8) is 0 Å². The van der Waals surface area contributed by atoms with Crippen molar-refractivity contribution in [1.82, 2.24) is 9.80 Å². The largest absolute Gasteiger partial charge is 0.337 e. The predicted molar refractivity (Wildman–Crippen MR) is 92.2 cm³/mol. The zero-order valence-electron chi connectivity index (χ0n) is 12.9. The highest BCUT2D eigenvalue weighted by molar-refractivity contribution is 7.12. The summed E-state index contributed by atoms with van der Waals surface area (Å²) in [5.74, 6) is -0.733. The first kappa shape index (κ1) is 16.9. The van der Waals surface area contributed by atoms with Crippen LogP contribution in [0.25, 0.3) is 0 Å². The molecule has 126 valence electrons. The summed E-state index contributed by atoms with van der Waals surface area (Å²) in [6, 6.07) is 7.63. The first-order chi connectivity index (χ1) is 11.6. The number of thiophene rings is 1. The molecule has 4 nitrogen and oxygen atoms in total. The number of halogens is 2. The Morgan fingerprint density at radius 2 is 1.75 bits per heavy atom. The van der Waals surface area contributed by atoms with Crippen LogP contribution in [0.15, 0.2) is 35.7 Å². The van der Waals surface area contributed by atoms with E-state index in [0.29, 0.717) is 43.0 Å². The van der Waals surface area contributed by atoms with Crippen LogP contribution >= 0.6 is 22.9 Å². The first-order valence-corrected chi connectivity index (χ1v) is 8.89. The Kier molecular flexibility index (Phi) is 5.16. The molecule has 0 atom stereocenters. The molecule has 2 heterocycles. The summed E-state index contributed by atoms with van der Waals surface area (Å²) in [5.41, 5.74) is 0.361. The fraction of sp³-hybridized carbons (Fsp3) is 0.294. The number of hydrogen-bond acceptors (Lipinski definition) is 3. The van der Waals surface area contributed by atoms with Crippen molar-refractivity contribution < 1.29 is 14.0 Å². The SMILES string of the molecule is O=C(c1ccc(F)c(Cl)c1)N1CCCN(C(=O)c2cccs2)CC1. The van der Waals surface area contributed by atoms with Gasteiger partial charge in [-0.25, -0.2) is 4.39 Å². The van der Waals surface area contributed by atoms with E-state index >= 15 is 0 Å². The third-order valence-corrected chi connectivity index (χ3v) is 5.12. The summed E-state index contributed by atoms with van der Waals surface area (Å²) in [6.07, 6.45) is 0.706. The Morgan fingerprint density at radius 1 is 1.04 bits per heavy atom. The molecule has 0 aliphatic carbocycles.